The van der Waals surface area contributed by atoms with Crippen LogP contribution in [-0.4, -0.2) is 16.3 Å². The van der Waals surface area contributed by atoms with E-state index in [1.807, 2.05) is 0 Å². The van der Waals surface area contributed by atoms with Gasteiger partial charge in [0.25, 0.3) is 0 Å². The first-order chi connectivity index (χ1) is 6.39. The highest BCUT2D eigenvalue weighted by molar-refractivity contribution is 5.85. The molecule has 0 spiro atoms. The Bertz CT molecular complexity index is 347. The van der Waals surface area contributed by atoms with Crippen molar-refractivity contribution in [3.63, 3.8) is 0 Å². The number of hydrogen-bond acceptors (Lipinski definition) is 4. The Balaban J connectivity index is 0.00000112. The first-order valence-corrected chi connectivity index (χ1v) is 4.08. The number of nitrogens with two attached hydrogens (primary N) is 1. The Morgan fingerprint density at radius 1 is 1.40 bits per heavy atom. The van der Waals surface area contributed by atoms with Gasteiger partial charge in [-0.15, -0.1) is 12.4 Å². The van der Waals surface area contributed by atoms with Crippen molar-refractivity contribution in [1.29, 1.82) is 0 Å². The van der Waals surface area contributed by atoms with Crippen molar-refractivity contribution in [1.82, 2.24) is 10.1 Å². The minimum absolute atomic E-state index is 0. The number of rotatable bonds is 2. The molecule has 15 heavy (non-hydrogen) atoms. The summed E-state index contributed by atoms with van der Waals surface area (Å²) in [7, 11) is 0. The molecule has 1 aromatic rings. The van der Waals surface area contributed by atoms with E-state index in [9.17, 15) is 13.2 Å². The highest BCUT2D eigenvalue weighted by atomic mass is 35.5. The van der Waals surface area contributed by atoms with Crippen LogP contribution < -0.4 is 5.73 Å². The van der Waals surface area contributed by atoms with Crippen molar-refractivity contribution in [2.45, 2.75) is 31.0 Å². The molecule has 0 radical (unpaired) electrons. The van der Waals surface area contributed by atoms with Gasteiger partial charge >= 0.3 is 6.18 Å². The molecule has 1 aliphatic rings. The van der Waals surface area contributed by atoms with Gasteiger partial charge in [0, 0.05) is 0 Å². The highest BCUT2D eigenvalue weighted by Crippen LogP contribution is 2.41. The SMILES string of the molecule is Cl.NC1(c2nc(CC(F)(F)F)no2)CC1. The third-order valence-electron chi connectivity index (χ3n) is 2.04. The normalized spacial score (nSPS) is 18.4. The van der Waals surface area contributed by atoms with E-state index in [1.54, 1.807) is 0 Å². The Morgan fingerprint density at radius 3 is 2.47 bits per heavy atom. The van der Waals surface area contributed by atoms with Crippen LogP contribution >= 0.6 is 12.4 Å². The lowest BCUT2D eigenvalue weighted by Gasteiger charge is -2.00. The Labute approximate surface area is 89.4 Å². The van der Waals surface area contributed by atoms with Gasteiger partial charge in [-0.25, -0.2) is 0 Å². The minimum Gasteiger partial charge on any atom is -0.337 e. The fraction of sp³-hybridized carbons (Fsp3) is 0.714. The van der Waals surface area contributed by atoms with E-state index in [4.69, 9.17) is 5.73 Å². The first-order valence-electron chi connectivity index (χ1n) is 4.08. The Hall–Kier alpha value is -0.820. The number of nitrogens with zero attached hydrogens (tertiary/aromatic N) is 2. The molecule has 2 N–H and O–H groups in total. The molecule has 0 amide bonds. The third-order valence-corrected chi connectivity index (χ3v) is 2.04. The molecule has 0 bridgehead atoms. The number of aromatic nitrogens is 2. The third kappa shape index (κ3) is 2.82. The number of hydrogen-bond donors (Lipinski definition) is 1. The van der Waals surface area contributed by atoms with Gasteiger partial charge in [0.15, 0.2) is 5.82 Å². The first kappa shape index (κ1) is 12.3. The van der Waals surface area contributed by atoms with Gasteiger partial charge in [-0.05, 0) is 12.8 Å². The van der Waals surface area contributed by atoms with E-state index in [0.717, 1.165) is 0 Å². The summed E-state index contributed by atoms with van der Waals surface area (Å²) in [5.41, 5.74) is 5.00. The van der Waals surface area contributed by atoms with Crippen LogP contribution in [-0.2, 0) is 12.0 Å². The number of halogens is 4. The predicted octanol–water partition coefficient (Wildman–Crippen LogP) is 1.54. The molecular weight excluding hydrogens is 235 g/mol. The molecule has 8 heteroatoms. The summed E-state index contributed by atoms with van der Waals surface area (Å²) in [6.07, 6.45) is -4.12. The lowest BCUT2D eigenvalue weighted by atomic mass is 10.3. The van der Waals surface area contributed by atoms with E-state index in [2.05, 4.69) is 14.7 Å². The molecule has 0 atom stereocenters. The van der Waals surface area contributed by atoms with Crippen LogP contribution in [0.4, 0.5) is 13.2 Å². The van der Waals surface area contributed by atoms with Crippen molar-refractivity contribution in [2.75, 3.05) is 0 Å². The van der Waals surface area contributed by atoms with Crippen LogP contribution in [0.15, 0.2) is 4.52 Å². The van der Waals surface area contributed by atoms with Gasteiger partial charge in [0.2, 0.25) is 5.89 Å². The minimum atomic E-state index is -4.31. The number of alkyl halides is 3. The zero-order chi connectivity index (χ0) is 10.4. The molecule has 1 aliphatic carbocycles. The lowest BCUT2D eigenvalue weighted by Crippen LogP contribution is -2.19. The second-order valence-corrected chi connectivity index (χ2v) is 3.46. The highest BCUT2D eigenvalue weighted by Gasteiger charge is 2.46. The largest absolute Gasteiger partial charge is 0.396 e. The summed E-state index contributed by atoms with van der Waals surface area (Å²) in [5, 5.41) is 3.22. The van der Waals surface area contributed by atoms with Crippen molar-refractivity contribution < 1.29 is 17.7 Å². The molecule has 1 saturated carbocycles. The van der Waals surface area contributed by atoms with E-state index in [1.165, 1.54) is 0 Å². The van der Waals surface area contributed by atoms with E-state index >= 15 is 0 Å². The van der Waals surface area contributed by atoms with Crippen molar-refractivity contribution in [3.8, 4) is 0 Å². The summed E-state index contributed by atoms with van der Waals surface area (Å²) in [6.45, 7) is 0. The maximum absolute atomic E-state index is 11.9. The summed E-state index contributed by atoms with van der Waals surface area (Å²) in [4.78, 5) is 3.61. The standard InChI is InChI=1S/C7H8F3N3O.ClH/c8-7(9,10)3-4-12-5(14-13-4)6(11)1-2-6;/h1-3,11H2;1H. The van der Waals surface area contributed by atoms with E-state index in [-0.39, 0.29) is 24.1 Å². The van der Waals surface area contributed by atoms with Crippen molar-refractivity contribution >= 4 is 12.4 Å². The molecule has 0 saturated heterocycles. The molecule has 86 valence electrons. The average Bonchev–Trinajstić information content (AvgIpc) is 2.60. The van der Waals surface area contributed by atoms with Crippen LogP contribution in [0.1, 0.15) is 24.6 Å². The van der Waals surface area contributed by atoms with Gasteiger partial charge in [0.05, 0.1) is 5.54 Å². The monoisotopic (exact) mass is 243 g/mol. The molecule has 0 unspecified atom stereocenters. The molecule has 4 nitrogen and oxygen atoms in total. The summed E-state index contributed by atoms with van der Waals surface area (Å²) in [5.74, 6) is -0.249. The zero-order valence-corrected chi connectivity index (χ0v) is 8.36. The van der Waals surface area contributed by atoms with Crippen LogP contribution in [0, 0.1) is 0 Å². The average molecular weight is 244 g/mol. The van der Waals surface area contributed by atoms with Gasteiger partial charge in [-0.3, -0.25) is 0 Å². The summed E-state index contributed by atoms with van der Waals surface area (Å²) < 4.78 is 40.4. The Morgan fingerprint density at radius 2 is 2.00 bits per heavy atom. The van der Waals surface area contributed by atoms with Crippen LogP contribution in [0.25, 0.3) is 0 Å². The van der Waals surface area contributed by atoms with Crippen LogP contribution in [0.3, 0.4) is 0 Å². The fourth-order valence-corrected chi connectivity index (χ4v) is 1.06. The predicted molar refractivity (Wildman–Crippen MR) is 46.4 cm³/mol. The van der Waals surface area contributed by atoms with Crippen LogP contribution in [0.5, 0.6) is 0 Å². The second kappa shape index (κ2) is 3.64. The lowest BCUT2D eigenvalue weighted by molar-refractivity contribution is -0.128. The molecule has 1 heterocycles. The van der Waals surface area contributed by atoms with Gasteiger partial charge in [-0.2, -0.15) is 18.2 Å². The Kier molecular flexibility index (Phi) is 2.97. The molecular formula is C7H9ClF3N3O. The topological polar surface area (TPSA) is 64.9 Å². The van der Waals surface area contributed by atoms with Gasteiger partial charge in [-0.1, -0.05) is 5.16 Å². The van der Waals surface area contributed by atoms with Gasteiger partial charge < -0.3 is 10.3 Å². The second-order valence-electron chi connectivity index (χ2n) is 3.46. The van der Waals surface area contributed by atoms with Crippen LogP contribution in [0.2, 0.25) is 0 Å². The maximum Gasteiger partial charge on any atom is 0.396 e. The summed E-state index contributed by atoms with van der Waals surface area (Å²) >= 11 is 0. The van der Waals surface area contributed by atoms with Crippen molar-refractivity contribution in [3.05, 3.63) is 11.7 Å². The summed E-state index contributed by atoms with van der Waals surface area (Å²) in [6, 6.07) is 0. The molecule has 2 rings (SSSR count). The molecule has 0 aliphatic heterocycles. The molecule has 1 aromatic heterocycles. The van der Waals surface area contributed by atoms with Crippen molar-refractivity contribution in [2.24, 2.45) is 5.73 Å². The molecule has 1 fully saturated rings. The quantitative estimate of drug-likeness (QED) is 0.856. The maximum atomic E-state index is 11.9. The van der Waals surface area contributed by atoms with E-state index < -0.39 is 18.1 Å². The molecule has 0 aromatic carbocycles. The van der Waals surface area contributed by atoms with Gasteiger partial charge in [0.1, 0.15) is 6.42 Å². The fourth-order valence-electron chi connectivity index (χ4n) is 1.06. The zero-order valence-electron chi connectivity index (χ0n) is 7.54. The smallest absolute Gasteiger partial charge is 0.337 e. The van der Waals surface area contributed by atoms with E-state index in [0.29, 0.717) is 12.8 Å².